The summed E-state index contributed by atoms with van der Waals surface area (Å²) >= 11 is 0. The fraction of sp³-hybridized carbons (Fsp3) is 0.600. The number of hydrogen-bond acceptors (Lipinski definition) is 3. The molecule has 2 aliphatic carbocycles. The van der Waals surface area contributed by atoms with Gasteiger partial charge in [-0.2, -0.15) is 0 Å². The molecule has 2 aliphatic rings. The summed E-state index contributed by atoms with van der Waals surface area (Å²) in [5.41, 5.74) is 1.98. The third-order valence-electron chi connectivity index (χ3n) is 5.17. The van der Waals surface area contributed by atoms with E-state index in [1.165, 1.54) is 25.7 Å². The highest BCUT2D eigenvalue weighted by Crippen LogP contribution is 2.44. The second-order valence-electron chi connectivity index (χ2n) is 7.36. The predicted molar refractivity (Wildman–Crippen MR) is 99.1 cm³/mol. The maximum atomic E-state index is 12.3. The number of nitrogens with one attached hydrogen (secondary N) is 2. The highest BCUT2D eigenvalue weighted by molar-refractivity contribution is 5.81. The highest BCUT2D eigenvalue weighted by Gasteiger charge is 2.42. The third-order valence-corrected chi connectivity index (χ3v) is 5.17. The zero-order chi connectivity index (χ0) is 17.8. The Morgan fingerprint density at radius 1 is 1.20 bits per heavy atom. The molecule has 0 unspecified atom stereocenters. The molecule has 1 aromatic rings. The van der Waals surface area contributed by atoms with E-state index in [-0.39, 0.29) is 11.8 Å². The van der Waals surface area contributed by atoms with Crippen LogP contribution in [0, 0.1) is 11.8 Å². The van der Waals surface area contributed by atoms with Gasteiger partial charge in [0.2, 0.25) is 11.8 Å². The van der Waals surface area contributed by atoms with E-state index in [9.17, 15) is 9.59 Å². The molecule has 0 heterocycles. The van der Waals surface area contributed by atoms with Crippen molar-refractivity contribution in [3.05, 3.63) is 29.8 Å². The largest absolute Gasteiger partial charge is 0.376 e. The molecule has 2 fully saturated rings. The first-order valence-electron chi connectivity index (χ1n) is 9.44. The normalized spacial score (nSPS) is 16.6. The summed E-state index contributed by atoms with van der Waals surface area (Å²) in [6, 6.07) is 8.33. The average molecular weight is 343 g/mol. The van der Waals surface area contributed by atoms with Crippen LogP contribution in [0.2, 0.25) is 0 Å². The first-order chi connectivity index (χ1) is 12.1. The molecule has 0 spiro atoms. The molecule has 3 rings (SSSR count). The minimum absolute atomic E-state index is 0.0754. The molecule has 136 valence electrons. The fourth-order valence-corrected chi connectivity index (χ4v) is 3.40. The van der Waals surface area contributed by atoms with Crippen LogP contribution in [0.1, 0.15) is 45.1 Å². The molecule has 0 aliphatic heterocycles. The van der Waals surface area contributed by atoms with Crippen molar-refractivity contribution in [3.63, 3.8) is 0 Å². The van der Waals surface area contributed by atoms with Gasteiger partial charge in [0.1, 0.15) is 0 Å². The molecule has 2 N–H and O–H groups in total. The van der Waals surface area contributed by atoms with Crippen molar-refractivity contribution >= 4 is 17.5 Å². The second kappa shape index (κ2) is 7.89. The minimum atomic E-state index is 0.0754. The molecule has 5 heteroatoms. The molecule has 2 saturated carbocycles. The van der Waals surface area contributed by atoms with E-state index in [1.807, 2.05) is 31.2 Å². The van der Waals surface area contributed by atoms with E-state index < -0.39 is 0 Å². The SMILES string of the molecule is CCN(Cc1cccc(NCC(=O)NC(C2CC2)C2CC2)c1)C(C)=O. The van der Waals surface area contributed by atoms with Crippen LogP contribution < -0.4 is 10.6 Å². The smallest absolute Gasteiger partial charge is 0.239 e. The number of rotatable bonds is 9. The van der Waals surface area contributed by atoms with Crippen molar-refractivity contribution in [1.82, 2.24) is 10.2 Å². The molecule has 25 heavy (non-hydrogen) atoms. The monoisotopic (exact) mass is 343 g/mol. The van der Waals surface area contributed by atoms with E-state index in [4.69, 9.17) is 0 Å². The van der Waals surface area contributed by atoms with Gasteiger partial charge in [-0.15, -0.1) is 0 Å². The van der Waals surface area contributed by atoms with Crippen LogP contribution >= 0.6 is 0 Å². The van der Waals surface area contributed by atoms with Crippen molar-refractivity contribution < 1.29 is 9.59 Å². The molecular weight excluding hydrogens is 314 g/mol. The summed E-state index contributed by atoms with van der Waals surface area (Å²) in [5.74, 6) is 1.58. The zero-order valence-electron chi connectivity index (χ0n) is 15.3. The van der Waals surface area contributed by atoms with Crippen molar-refractivity contribution in [2.24, 2.45) is 11.8 Å². The number of benzene rings is 1. The summed E-state index contributed by atoms with van der Waals surface area (Å²) < 4.78 is 0. The predicted octanol–water partition coefficient (Wildman–Crippen LogP) is 2.77. The fourth-order valence-electron chi connectivity index (χ4n) is 3.40. The van der Waals surface area contributed by atoms with E-state index in [1.54, 1.807) is 11.8 Å². The lowest BCUT2D eigenvalue weighted by atomic mass is 10.1. The Bertz CT molecular complexity index is 611. The van der Waals surface area contributed by atoms with Gasteiger partial charge in [-0.1, -0.05) is 12.1 Å². The molecule has 0 bridgehead atoms. The molecule has 1 aromatic carbocycles. The van der Waals surface area contributed by atoms with Crippen molar-refractivity contribution in [2.45, 2.75) is 52.1 Å². The molecule has 0 radical (unpaired) electrons. The molecular formula is C20H29N3O2. The zero-order valence-corrected chi connectivity index (χ0v) is 15.3. The van der Waals surface area contributed by atoms with Gasteiger partial charge in [-0.25, -0.2) is 0 Å². The lowest BCUT2D eigenvalue weighted by molar-refractivity contribution is -0.129. The van der Waals surface area contributed by atoms with Gasteiger partial charge in [-0.05, 0) is 62.1 Å². The summed E-state index contributed by atoms with van der Waals surface area (Å²) in [6.07, 6.45) is 5.06. The van der Waals surface area contributed by atoms with E-state index in [0.717, 1.165) is 11.3 Å². The molecule has 0 aromatic heterocycles. The van der Waals surface area contributed by atoms with Gasteiger partial charge in [0.05, 0.1) is 6.54 Å². The van der Waals surface area contributed by atoms with Crippen molar-refractivity contribution in [3.8, 4) is 0 Å². The Balaban J connectivity index is 1.49. The Labute approximate surface area is 150 Å². The highest BCUT2D eigenvalue weighted by atomic mass is 16.2. The van der Waals surface area contributed by atoms with Crippen LogP contribution in [0.3, 0.4) is 0 Å². The number of carbonyl (C=O) groups is 2. The first-order valence-corrected chi connectivity index (χ1v) is 9.44. The summed E-state index contributed by atoms with van der Waals surface area (Å²) in [7, 11) is 0. The van der Waals surface area contributed by atoms with Gasteiger partial charge in [-0.3, -0.25) is 9.59 Å². The van der Waals surface area contributed by atoms with E-state index >= 15 is 0 Å². The van der Waals surface area contributed by atoms with Crippen LogP contribution in [0.4, 0.5) is 5.69 Å². The van der Waals surface area contributed by atoms with Crippen LogP contribution in [-0.4, -0.2) is 35.8 Å². The van der Waals surface area contributed by atoms with Gasteiger partial charge < -0.3 is 15.5 Å². The Kier molecular flexibility index (Phi) is 5.61. The van der Waals surface area contributed by atoms with Gasteiger partial charge in [0.15, 0.2) is 0 Å². The third kappa shape index (κ3) is 5.21. The van der Waals surface area contributed by atoms with Crippen LogP contribution in [0.5, 0.6) is 0 Å². The average Bonchev–Trinajstić information content (AvgIpc) is 3.48. The Morgan fingerprint density at radius 2 is 1.88 bits per heavy atom. The maximum absolute atomic E-state index is 12.3. The van der Waals surface area contributed by atoms with Crippen LogP contribution in [-0.2, 0) is 16.1 Å². The van der Waals surface area contributed by atoms with E-state index in [2.05, 4.69) is 10.6 Å². The molecule has 0 saturated heterocycles. The van der Waals surface area contributed by atoms with Gasteiger partial charge in [0, 0.05) is 31.7 Å². The molecule has 2 amide bonds. The molecule has 5 nitrogen and oxygen atoms in total. The van der Waals surface area contributed by atoms with Crippen LogP contribution in [0.25, 0.3) is 0 Å². The number of nitrogens with zero attached hydrogens (tertiary/aromatic N) is 1. The summed E-state index contributed by atoms with van der Waals surface area (Å²) in [4.78, 5) is 25.6. The Morgan fingerprint density at radius 3 is 2.44 bits per heavy atom. The quantitative estimate of drug-likeness (QED) is 0.725. The lowest BCUT2D eigenvalue weighted by Crippen LogP contribution is -2.41. The number of carbonyl (C=O) groups excluding carboxylic acids is 2. The van der Waals surface area contributed by atoms with Crippen LogP contribution in [0.15, 0.2) is 24.3 Å². The van der Waals surface area contributed by atoms with Gasteiger partial charge >= 0.3 is 0 Å². The standard InChI is InChI=1S/C20H29N3O2/c1-3-23(14(2)24)13-15-5-4-6-18(11-15)21-12-19(25)22-20(16-7-8-16)17-9-10-17/h4-6,11,16-17,20-21H,3,7-10,12-13H2,1-2H3,(H,22,25). The topological polar surface area (TPSA) is 61.4 Å². The lowest BCUT2D eigenvalue weighted by Gasteiger charge is -2.20. The number of amides is 2. The Hall–Kier alpha value is -2.04. The summed E-state index contributed by atoms with van der Waals surface area (Å²) in [5, 5.41) is 6.44. The van der Waals surface area contributed by atoms with E-state index in [0.29, 0.717) is 37.5 Å². The molecule has 0 atom stereocenters. The summed E-state index contributed by atoms with van der Waals surface area (Å²) in [6.45, 7) is 5.15. The second-order valence-corrected chi connectivity index (χ2v) is 7.36. The van der Waals surface area contributed by atoms with Gasteiger partial charge in [0.25, 0.3) is 0 Å². The minimum Gasteiger partial charge on any atom is -0.376 e. The van der Waals surface area contributed by atoms with Crippen molar-refractivity contribution in [1.29, 1.82) is 0 Å². The maximum Gasteiger partial charge on any atom is 0.239 e. The van der Waals surface area contributed by atoms with Crippen molar-refractivity contribution in [2.75, 3.05) is 18.4 Å². The number of hydrogen-bond donors (Lipinski definition) is 2. The first kappa shape index (κ1) is 17.8. The number of anilines is 1.